The van der Waals surface area contributed by atoms with Gasteiger partial charge in [0.2, 0.25) is 0 Å². The number of ether oxygens (including phenoxy) is 2. The molecule has 1 unspecified atom stereocenters. The van der Waals surface area contributed by atoms with E-state index in [-0.39, 0.29) is 18.4 Å². The molecular formula is C11H11F2NO6S. The van der Waals surface area contributed by atoms with Gasteiger partial charge in [0.15, 0.2) is 0 Å². The molecule has 10 heteroatoms. The second kappa shape index (κ2) is 5.54. The van der Waals surface area contributed by atoms with Crippen LogP contribution in [-0.2, 0) is 19.6 Å². The second-order valence-electron chi connectivity index (χ2n) is 4.24. The molecule has 1 heterocycles. The van der Waals surface area contributed by atoms with Crippen LogP contribution in [0.25, 0.3) is 0 Å². The van der Waals surface area contributed by atoms with Crippen molar-refractivity contribution in [1.82, 2.24) is 0 Å². The summed E-state index contributed by atoms with van der Waals surface area (Å²) in [7, 11) is -5.84. The highest BCUT2D eigenvalue weighted by atomic mass is 32.2. The maximum Gasteiger partial charge on any atom is 0.446 e. The minimum absolute atomic E-state index is 0.00730. The number of carbonyl (C=O) groups is 1. The van der Waals surface area contributed by atoms with Crippen molar-refractivity contribution in [2.24, 2.45) is 0 Å². The molecule has 7 nitrogen and oxygen atoms in total. The third-order valence-electron chi connectivity index (χ3n) is 2.52. The molecule has 21 heavy (non-hydrogen) atoms. The van der Waals surface area contributed by atoms with E-state index in [2.05, 4.69) is 0 Å². The predicted octanol–water partition coefficient (Wildman–Crippen LogP) is 0.883. The van der Waals surface area contributed by atoms with Gasteiger partial charge in [-0.15, -0.1) is 0 Å². The highest BCUT2D eigenvalue weighted by Crippen LogP contribution is 2.24. The maximum atomic E-state index is 13.1. The minimum Gasteiger partial charge on any atom is -0.491 e. The molecule has 1 aliphatic rings. The SMILES string of the molecule is O=C(Nc1cccc(OCC2CO2)c1)C(F)(F)S(=O)(=O)O. The number of anilines is 1. The van der Waals surface area contributed by atoms with Gasteiger partial charge in [-0.1, -0.05) is 6.07 Å². The van der Waals surface area contributed by atoms with Crippen LogP contribution in [0.2, 0.25) is 0 Å². The minimum atomic E-state index is -5.84. The highest BCUT2D eigenvalue weighted by molar-refractivity contribution is 7.87. The molecular weight excluding hydrogens is 312 g/mol. The van der Waals surface area contributed by atoms with Gasteiger partial charge in [0.05, 0.1) is 6.61 Å². The summed E-state index contributed by atoms with van der Waals surface area (Å²) < 4.78 is 65.5. The van der Waals surface area contributed by atoms with Crippen molar-refractivity contribution in [2.45, 2.75) is 11.4 Å². The Hall–Kier alpha value is -1.78. The molecule has 0 saturated carbocycles. The van der Waals surface area contributed by atoms with Crippen LogP contribution in [0.5, 0.6) is 5.75 Å². The van der Waals surface area contributed by atoms with E-state index in [1.54, 1.807) is 5.32 Å². The third kappa shape index (κ3) is 3.86. The molecule has 2 N–H and O–H groups in total. The Balaban J connectivity index is 2.04. The third-order valence-corrected chi connectivity index (χ3v) is 3.35. The number of hydrogen-bond acceptors (Lipinski definition) is 5. The Labute approximate surface area is 118 Å². The van der Waals surface area contributed by atoms with Crippen LogP contribution in [0, 0.1) is 0 Å². The monoisotopic (exact) mass is 323 g/mol. The zero-order valence-electron chi connectivity index (χ0n) is 10.5. The van der Waals surface area contributed by atoms with Gasteiger partial charge in [0, 0.05) is 11.8 Å². The van der Waals surface area contributed by atoms with Crippen LogP contribution in [0.3, 0.4) is 0 Å². The van der Waals surface area contributed by atoms with Gasteiger partial charge in [-0.2, -0.15) is 17.2 Å². The lowest BCUT2D eigenvalue weighted by atomic mass is 10.3. The molecule has 0 aliphatic carbocycles. The number of rotatable bonds is 6. The molecule has 0 aromatic heterocycles. The lowest BCUT2D eigenvalue weighted by Gasteiger charge is -2.13. The van der Waals surface area contributed by atoms with Crippen LogP contribution >= 0.6 is 0 Å². The van der Waals surface area contributed by atoms with Crippen molar-refractivity contribution in [1.29, 1.82) is 0 Å². The number of carbonyl (C=O) groups excluding carboxylic acids is 1. The summed E-state index contributed by atoms with van der Waals surface area (Å²) in [6, 6.07) is 5.45. The normalized spacial score (nSPS) is 18.1. The van der Waals surface area contributed by atoms with E-state index in [0.717, 1.165) is 0 Å². The van der Waals surface area contributed by atoms with Gasteiger partial charge in [0.25, 0.3) is 0 Å². The fraction of sp³-hybridized carbons (Fsp3) is 0.364. The number of nitrogens with one attached hydrogen (secondary N) is 1. The highest BCUT2D eigenvalue weighted by Gasteiger charge is 2.52. The largest absolute Gasteiger partial charge is 0.491 e. The summed E-state index contributed by atoms with van der Waals surface area (Å²) in [4.78, 5) is 11.2. The van der Waals surface area contributed by atoms with Crippen LogP contribution in [0.4, 0.5) is 14.5 Å². The Kier molecular flexibility index (Phi) is 4.12. The van der Waals surface area contributed by atoms with Gasteiger partial charge in [-0.3, -0.25) is 9.35 Å². The molecule has 1 atom stereocenters. The van der Waals surface area contributed by atoms with Gasteiger partial charge in [-0.25, -0.2) is 0 Å². The zero-order chi connectivity index (χ0) is 15.7. The molecule has 1 aliphatic heterocycles. The molecule has 2 rings (SSSR count). The first-order valence-corrected chi connectivity index (χ1v) is 7.15. The van der Waals surface area contributed by atoms with E-state index in [0.29, 0.717) is 12.4 Å². The number of halogens is 2. The predicted molar refractivity (Wildman–Crippen MR) is 66.8 cm³/mol. The first-order chi connectivity index (χ1) is 9.70. The molecule has 116 valence electrons. The van der Waals surface area contributed by atoms with Gasteiger partial charge in [-0.05, 0) is 12.1 Å². The zero-order valence-corrected chi connectivity index (χ0v) is 11.3. The average molecular weight is 323 g/mol. The van der Waals surface area contributed by atoms with E-state index in [1.165, 1.54) is 24.3 Å². The number of benzene rings is 1. The van der Waals surface area contributed by atoms with Gasteiger partial charge in [0.1, 0.15) is 18.5 Å². The quantitative estimate of drug-likeness (QED) is 0.595. The summed E-state index contributed by atoms with van der Waals surface area (Å²) in [6.07, 6.45) is -0.00730. The lowest BCUT2D eigenvalue weighted by molar-refractivity contribution is -0.130. The van der Waals surface area contributed by atoms with Crippen molar-refractivity contribution in [3.8, 4) is 5.75 Å². The Morgan fingerprint density at radius 1 is 1.52 bits per heavy atom. The van der Waals surface area contributed by atoms with E-state index >= 15 is 0 Å². The standard InChI is InChI=1S/C11H11F2NO6S/c12-11(13,21(16,17)18)10(15)14-7-2-1-3-8(4-7)19-5-9-6-20-9/h1-4,9H,5-6H2,(H,14,15)(H,16,17,18). The van der Waals surface area contributed by atoms with E-state index < -0.39 is 21.3 Å². The van der Waals surface area contributed by atoms with Crippen molar-refractivity contribution < 1.29 is 36.0 Å². The molecule has 0 bridgehead atoms. The molecule has 0 radical (unpaired) electrons. The molecule has 1 aromatic rings. The Bertz CT molecular complexity index is 644. The maximum absolute atomic E-state index is 13.1. The lowest BCUT2D eigenvalue weighted by Crippen LogP contribution is -2.41. The molecule has 1 saturated heterocycles. The number of epoxide rings is 1. The molecule has 1 amide bonds. The summed E-state index contributed by atoms with van der Waals surface area (Å²) in [5.41, 5.74) is -0.0995. The smallest absolute Gasteiger partial charge is 0.446 e. The Morgan fingerprint density at radius 2 is 2.19 bits per heavy atom. The topological polar surface area (TPSA) is 105 Å². The molecule has 0 spiro atoms. The van der Waals surface area contributed by atoms with Crippen molar-refractivity contribution in [3.05, 3.63) is 24.3 Å². The number of amides is 1. The second-order valence-corrected chi connectivity index (χ2v) is 5.70. The average Bonchev–Trinajstić information content (AvgIpc) is 3.19. The van der Waals surface area contributed by atoms with E-state index in [9.17, 15) is 22.0 Å². The fourth-order valence-electron chi connectivity index (χ4n) is 1.34. The van der Waals surface area contributed by atoms with Gasteiger partial charge >= 0.3 is 21.3 Å². The van der Waals surface area contributed by atoms with Crippen LogP contribution in [0.15, 0.2) is 24.3 Å². The van der Waals surface area contributed by atoms with Crippen LogP contribution in [0.1, 0.15) is 0 Å². The number of alkyl halides is 2. The first kappa shape index (κ1) is 15.6. The molecule has 1 fully saturated rings. The van der Waals surface area contributed by atoms with Crippen LogP contribution < -0.4 is 10.1 Å². The van der Waals surface area contributed by atoms with E-state index in [1.807, 2.05) is 0 Å². The first-order valence-electron chi connectivity index (χ1n) is 5.71. The van der Waals surface area contributed by atoms with E-state index in [4.69, 9.17) is 14.0 Å². The van der Waals surface area contributed by atoms with Gasteiger partial charge < -0.3 is 14.8 Å². The van der Waals surface area contributed by atoms with Crippen molar-refractivity contribution >= 4 is 21.7 Å². The van der Waals surface area contributed by atoms with Crippen molar-refractivity contribution in [3.63, 3.8) is 0 Å². The molecule has 1 aromatic carbocycles. The summed E-state index contributed by atoms with van der Waals surface area (Å²) in [6.45, 7) is 0.857. The summed E-state index contributed by atoms with van der Waals surface area (Å²) in [5, 5.41) is -3.25. The van der Waals surface area contributed by atoms with Crippen molar-refractivity contribution in [2.75, 3.05) is 18.5 Å². The van der Waals surface area contributed by atoms with Crippen LogP contribution in [-0.4, -0.2) is 43.5 Å². The Morgan fingerprint density at radius 3 is 2.76 bits per heavy atom. The number of hydrogen-bond donors (Lipinski definition) is 2. The fourth-order valence-corrected chi connectivity index (χ4v) is 1.62. The summed E-state index contributed by atoms with van der Waals surface area (Å²) in [5.74, 6) is -1.87. The summed E-state index contributed by atoms with van der Waals surface area (Å²) >= 11 is 0.